The van der Waals surface area contributed by atoms with E-state index >= 15 is 0 Å². The van der Waals surface area contributed by atoms with E-state index in [1.165, 1.54) is 18.2 Å². The smallest absolute Gasteiger partial charge is 0.248 e. The van der Waals surface area contributed by atoms with E-state index in [0.717, 1.165) is 16.4 Å². The monoisotopic (exact) mass is 482 g/mol. The average molecular weight is 483 g/mol. The summed E-state index contributed by atoms with van der Waals surface area (Å²) in [7, 11) is -4.05. The van der Waals surface area contributed by atoms with Crippen LogP contribution in [0.4, 0.5) is 10.1 Å². The van der Waals surface area contributed by atoms with Crippen molar-refractivity contribution in [2.45, 2.75) is 4.90 Å². The summed E-state index contributed by atoms with van der Waals surface area (Å²) in [6.45, 7) is 1.57. The quantitative estimate of drug-likeness (QED) is 0.658. The number of nitrogens with one attached hydrogen (secondary N) is 1. The van der Waals surface area contributed by atoms with Crippen molar-refractivity contribution in [2.24, 2.45) is 0 Å². The number of amides is 1. The molecule has 1 amide bonds. The number of hydrogen-bond donors (Lipinski definition) is 1. The molecular weight excluding hydrogens is 463 g/mol. The highest BCUT2D eigenvalue weighted by molar-refractivity contribution is 7.89. The molecule has 0 unspecified atom stereocenters. The minimum Gasteiger partial charge on any atom is -0.486 e. The van der Waals surface area contributed by atoms with Gasteiger partial charge in [-0.05, 0) is 42.0 Å². The standard InChI is InChI=1S/C21H20ClFN2O6S/c22-16-11-14(12-18-21(16)31-10-9-30-18)1-4-20(26)24-15-2-3-17(23)19(13-15)32(27,28)25-5-7-29-8-6-25/h1-4,11-13H,5-10H2,(H,24,26). The molecule has 2 heterocycles. The topological polar surface area (TPSA) is 94.2 Å². The summed E-state index contributed by atoms with van der Waals surface area (Å²) in [5.41, 5.74) is 0.761. The largest absolute Gasteiger partial charge is 0.486 e. The molecule has 8 nitrogen and oxygen atoms in total. The van der Waals surface area contributed by atoms with Gasteiger partial charge in [0.15, 0.2) is 11.5 Å². The molecule has 0 atom stereocenters. The number of fused-ring (bicyclic) bond motifs is 1. The van der Waals surface area contributed by atoms with Crippen molar-refractivity contribution in [3.05, 3.63) is 52.8 Å². The zero-order valence-corrected chi connectivity index (χ0v) is 18.4. The number of anilines is 1. The molecule has 0 radical (unpaired) electrons. The Kier molecular flexibility index (Phi) is 6.66. The van der Waals surface area contributed by atoms with Gasteiger partial charge in [-0.3, -0.25) is 4.79 Å². The maximum atomic E-state index is 14.3. The van der Waals surface area contributed by atoms with Crippen molar-refractivity contribution in [2.75, 3.05) is 44.8 Å². The fourth-order valence-corrected chi connectivity index (χ4v) is 5.06. The van der Waals surface area contributed by atoms with Crippen LogP contribution in [0.2, 0.25) is 5.02 Å². The van der Waals surface area contributed by atoms with Gasteiger partial charge in [0.2, 0.25) is 15.9 Å². The molecule has 0 bridgehead atoms. The van der Waals surface area contributed by atoms with E-state index in [-0.39, 0.29) is 32.0 Å². The van der Waals surface area contributed by atoms with Gasteiger partial charge in [-0.25, -0.2) is 12.8 Å². The van der Waals surface area contributed by atoms with Gasteiger partial charge in [0.05, 0.1) is 18.2 Å². The molecule has 2 aromatic carbocycles. The van der Waals surface area contributed by atoms with Crippen LogP contribution in [-0.4, -0.2) is 58.1 Å². The fraction of sp³-hybridized carbons (Fsp3) is 0.286. The van der Waals surface area contributed by atoms with E-state index in [2.05, 4.69) is 5.32 Å². The van der Waals surface area contributed by atoms with Crippen LogP contribution in [0.25, 0.3) is 6.08 Å². The number of ether oxygens (including phenoxy) is 3. The number of rotatable bonds is 5. The van der Waals surface area contributed by atoms with Crippen molar-refractivity contribution >= 4 is 39.3 Å². The number of carbonyl (C=O) groups is 1. The highest BCUT2D eigenvalue weighted by Gasteiger charge is 2.29. The lowest BCUT2D eigenvalue weighted by atomic mass is 10.1. The maximum absolute atomic E-state index is 14.3. The number of nitrogens with zero attached hydrogens (tertiary/aromatic N) is 1. The SMILES string of the molecule is O=C(C=Cc1cc(Cl)c2c(c1)OCCO2)Nc1ccc(F)c(S(=O)(=O)N2CCOCC2)c1. The third-order valence-electron chi connectivity index (χ3n) is 4.83. The summed E-state index contributed by atoms with van der Waals surface area (Å²) in [4.78, 5) is 11.8. The Morgan fingerprint density at radius 1 is 1.09 bits per heavy atom. The molecule has 2 aliphatic rings. The second kappa shape index (κ2) is 9.45. The van der Waals surface area contributed by atoms with Crippen molar-refractivity contribution < 1.29 is 31.8 Å². The second-order valence-corrected chi connectivity index (χ2v) is 9.32. The first-order chi connectivity index (χ1) is 15.3. The molecule has 32 heavy (non-hydrogen) atoms. The molecule has 2 aromatic rings. The van der Waals surface area contributed by atoms with Crippen LogP contribution in [0, 0.1) is 5.82 Å². The predicted molar refractivity (Wildman–Crippen MR) is 116 cm³/mol. The van der Waals surface area contributed by atoms with Crippen LogP contribution < -0.4 is 14.8 Å². The summed E-state index contributed by atoms with van der Waals surface area (Å²) < 4.78 is 57.1. The Balaban J connectivity index is 1.49. The molecule has 11 heteroatoms. The molecule has 0 spiro atoms. The first-order valence-corrected chi connectivity index (χ1v) is 11.6. The maximum Gasteiger partial charge on any atom is 0.248 e. The summed E-state index contributed by atoms with van der Waals surface area (Å²) in [6.07, 6.45) is 2.77. The van der Waals surface area contributed by atoms with Gasteiger partial charge < -0.3 is 19.5 Å². The second-order valence-electron chi connectivity index (χ2n) is 7.01. The Morgan fingerprint density at radius 3 is 2.62 bits per heavy atom. The van der Waals surface area contributed by atoms with Crippen LogP contribution in [0.15, 0.2) is 41.3 Å². The highest BCUT2D eigenvalue weighted by atomic mass is 35.5. The Morgan fingerprint density at radius 2 is 1.84 bits per heavy atom. The van der Waals surface area contributed by atoms with Crippen LogP contribution >= 0.6 is 11.6 Å². The minimum absolute atomic E-state index is 0.138. The zero-order chi connectivity index (χ0) is 22.7. The molecular formula is C21H20ClFN2O6S. The lowest BCUT2D eigenvalue weighted by Crippen LogP contribution is -2.40. The summed E-state index contributed by atoms with van der Waals surface area (Å²) in [5, 5.41) is 2.90. The molecule has 170 valence electrons. The summed E-state index contributed by atoms with van der Waals surface area (Å²) in [6, 6.07) is 6.72. The van der Waals surface area contributed by atoms with Gasteiger partial charge in [0, 0.05) is 24.9 Å². The van der Waals surface area contributed by atoms with Crippen molar-refractivity contribution in [1.82, 2.24) is 4.31 Å². The van der Waals surface area contributed by atoms with Crippen LogP contribution in [-0.2, 0) is 19.6 Å². The third-order valence-corrected chi connectivity index (χ3v) is 7.03. The third kappa shape index (κ3) is 4.88. The molecule has 1 fully saturated rings. The first kappa shape index (κ1) is 22.5. The van der Waals surface area contributed by atoms with Gasteiger partial charge in [0.1, 0.15) is 23.9 Å². The number of sulfonamides is 1. The van der Waals surface area contributed by atoms with Gasteiger partial charge in [-0.15, -0.1) is 0 Å². The van der Waals surface area contributed by atoms with Crippen molar-refractivity contribution in [3.8, 4) is 11.5 Å². The van der Waals surface area contributed by atoms with E-state index in [1.807, 2.05) is 0 Å². The van der Waals surface area contributed by atoms with Gasteiger partial charge in [-0.2, -0.15) is 4.31 Å². The molecule has 1 saturated heterocycles. The summed E-state index contributed by atoms with van der Waals surface area (Å²) in [5.74, 6) is -0.478. The van der Waals surface area contributed by atoms with Crippen LogP contribution in [0.1, 0.15) is 5.56 Å². The molecule has 1 N–H and O–H groups in total. The van der Waals surface area contributed by atoms with E-state index < -0.39 is 26.6 Å². The fourth-order valence-electron chi connectivity index (χ4n) is 3.29. The number of halogens is 2. The van der Waals surface area contributed by atoms with E-state index in [4.69, 9.17) is 25.8 Å². The van der Waals surface area contributed by atoms with E-state index in [1.54, 1.807) is 12.1 Å². The van der Waals surface area contributed by atoms with Crippen molar-refractivity contribution in [3.63, 3.8) is 0 Å². The van der Waals surface area contributed by atoms with Gasteiger partial charge in [-0.1, -0.05) is 11.6 Å². The molecule has 2 aliphatic heterocycles. The average Bonchev–Trinajstić information content (AvgIpc) is 2.79. The minimum atomic E-state index is -4.05. The Hall–Kier alpha value is -2.66. The van der Waals surface area contributed by atoms with Crippen molar-refractivity contribution in [1.29, 1.82) is 0 Å². The Bertz CT molecular complexity index is 1170. The highest BCUT2D eigenvalue weighted by Crippen LogP contribution is 2.38. The normalized spacial score (nSPS) is 16.8. The molecule has 4 rings (SSSR count). The predicted octanol–water partition coefficient (Wildman–Crippen LogP) is 2.92. The lowest BCUT2D eigenvalue weighted by Gasteiger charge is -2.26. The molecule has 0 aromatic heterocycles. The Labute approximate surface area is 189 Å². The zero-order valence-electron chi connectivity index (χ0n) is 16.8. The molecule has 0 saturated carbocycles. The molecule has 0 aliphatic carbocycles. The van der Waals surface area contributed by atoms with Crippen LogP contribution in [0.5, 0.6) is 11.5 Å². The number of carbonyl (C=O) groups excluding carboxylic acids is 1. The summed E-state index contributed by atoms with van der Waals surface area (Å²) >= 11 is 6.19. The number of benzene rings is 2. The number of morpholine rings is 1. The van der Waals surface area contributed by atoms with Gasteiger partial charge >= 0.3 is 0 Å². The van der Waals surface area contributed by atoms with E-state index in [9.17, 15) is 17.6 Å². The van der Waals surface area contributed by atoms with Crippen LogP contribution in [0.3, 0.4) is 0 Å². The number of hydrogen-bond acceptors (Lipinski definition) is 6. The van der Waals surface area contributed by atoms with E-state index in [0.29, 0.717) is 35.3 Å². The van der Waals surface area contributed by atoms with Gasteiger partial charge in [0.25, 0.3) is 0 Å². The first-order valence-electron chi connectivity index (χ1n) is 9.80. The lowest BCUT2D eigenvalue weighted by molar-refractivity contribution is -0.111.